The van der Waals surface area contributed by atoms with Crippen LogP contribution in [0.4, 0.5) is 0 Å². The molecule has 11 heavy (non-hydrogen) atoms. The van der Waals surface area contributed by atoms with E-state index < -0.39 is 0 Å². The van der Waals surface area contributed by atoms with Gasteiger partial charge in [0.05, 0.1) is 0 Å². The molecule has 0 spiro atoms. The number of hydrogen-bond acceptors (Lipinski definition) is 0. The molecule has 0 amide bonds. The molecule has 0 N–H and O–H groups in total. The van der Waals surface area contributed by atoms with Gasteiger partial charge in [-0.3, -0.25) is 0 Å². The minimum Gasteiger partial charge on any atom is -0.0674 e. The Bertz CT molecular complexity index is 117. The van der Waals surface area contributed by atoms with Crippen LogP contribution in [0.3, 0.4) is 0 Å². The van der Waals surface area contributed by atoms with E-state index in [1.807, 2.05) is 0 Å². The molecule has 1 radical (unpaired) electrons. The molecular weight excluding hydrogens is 131 g/mol. The maximum atomic E-state index is 2.45. The van der Waals surface area contributed by atoms with Gasteiger partial charge in [0.2, 0.25) is 0 Å². The Morgan fingerprint density at radius 1 is 0.909 bits per heavy atom. The molecule has 0 atom stereocenters. The van der Waals surface area contributed by atoms with Gasteiger partial charge in [0.15, 0.2) is 0 Å². The molecule has 0 unspecified atom stereocenters. The normalized spacial score (nSPS) is 13.8. The van der Waals surface area contributed by atoms with Crippen molar-refractivity contribution in [1.29, 1.82) is 0 Å². The fourth-order valence-corrected chi connectivity index (χ4v) is 1.28. The largest absolute Gasteiger partial charge is 0.124 e. The average Bonchev–Trinajstić information content (AvgIpc) is 1.56. The van der Waals surface area contributed by atoms with Gasteiger partial charge in [-0.15, -0.1) is 0 Å². The Morgan fingerprint density at radius 2 is 1.27 bits per heavy atom. The van der Waals surface area contributed by atoms with Gasteiger partial charge in [-0.05, 0) is 5.92 Å². The van der Waals surface area contributed by atoms with Crippen LogP contribution in [0.5, 0.6) is 0 Å². The van der Waals surface area contributed by atoms with Crippen molar-refractivity contribution in [2.75, 3.05) is 0 Å². The standard InChI is InChI=1S/C10H22B/c1-8(2)10(6,7)11-9(3,4)5/h8H,1-7H3. The Morgan fingerprint density at radius 3 is 1.36 bits per heavy atom. The molecule has 0 aromatic carbocycles. The maximum absolute atomic E-state index is 2.45. The van der Waals surface area contributed by atoms with Crippen molar-refractivity contribution in [3.8, 4) is 0 Å². The summed E-state index contributed by atoms with van der Waals surface area (Å²) in [7, 11) is 2.45. The lowest BCUT2D eigenvalue weighted by Crippen LogP contribution is -2.26. The van der Waals surface area contributed by atoms with Gasteiger partial charge >= 0.3 is 0 Å². The van der Waals surface area contributed by atoms with Crippen LogP contribution in [-0.4, -0.2) is 7.28 Å². The molecule has 0 aliphatic carbocycles. The van der Waals surface area contributed by atoms with Gasteiger partial charge < -0.3 is 0 Å². The number of rotatable bonds is 2. The Kier molecular flexibility index (Phi) is 3.22. The van der Waals surface area contributed by atoms with E-state index >= 15 is 0 Å². The second kappa shape index (κ2) is 3.20. The van der Waals surface area contributed by atoms with Gasteiger partial charge in [-0.2, -0.15) is 0 Å². The van der Waals surface area contributed by atoms with Crippen LogP contribution in [0.1, 0.15) is 48.5 Å². The highest BCUT2D eigenvalue weighted by atomic mass is 14.2. The van der Waals surface area contributed by atoms with Gasteiger partial charge in [0, 0.05) is 0 Å². The summed E-state index contributed by atoms with van der Waals surface area (Å²) in [4.78, 5) is 0. The van der Waals surface area contributed by atoms with Crippen molar-refractivity contribution < 1.29 is 0 Å². The summed E-state index contributed by atoms with van der Waals surface area (Å²) >= 11 is 0. The molecule has 0 rings (SSSR count). The van der Waals surface area contributed by atoms with E-state index in [9.17, 15) is 0 Å². The molecule has 0 saturated carbocycles. The summed E-state index contributed by atoms with van der Waals surface area (Å²) < 4.78 is 0. The first-order valence-electron chi connectivity index (χ1n) is 4.52. The topological polar surface area (TPSA) is 0 Å². The first-order valence-corrected chi connectivity index (χ1v) is 4.52. The van der Waals surface area contributed by atoms with E-state index in [4.69, 9.17) is 0 Å². The van der Waals surface area contributed by atoms with E-state index in [2.05, 4.69) is 55.7 Å². The fourth-order valence-electron chi connectivity index (χ4n) is 1.28. The van der Waals surface area contributed by atoms with Crippen LogP contribution in [0, 0.1) is 5.92 Å². The van der Waals surface area contributed by atoms with Crippen LogP contribution in [0.25, 0.3) is 0 Å². The molecule has 0 heterocycles. The van der Waals surface area contributed by atoms with Crippen LogP contribution < -0.4 is 0 Å². The van der Waals surface area contributed by atoms with Crippen molar-refractivity contribution in [3.63, 3.8) is 0 Å². The molecule has 0 fully saturated rings. The first-order chi connectivity index (χ1) is 4.65. The molecule has 0 aromatic rings. The predicted octanol–water partition coefficient (Wildman–Crippen LogP) is 3.76. The van der Waals surface area contributed by atoms with Crippen molar-refractivity contribution in [1.82, 2.24) is 0 Å². The Balaban J connectivity index is 4.13. The minimum atomic E-state index is 0.341. The summed E-state index contributed by atoms with van der Waals surface area (Å²) in [6, 6.07) is 0. The van der Waals surface area contributed by atoms with E-state index in [0.29, 0.717) is 10.6 Å². The highest BCUT2D eigenvalue weighted by Crippen LogP contribution is 2.40. The fraction of sp³-hybridized carbons (Fsp3) is 1.00. The molecule has 0 aromatic heterocycles. The quantitative estimate of drug-likeness (QED) is 0.529. The van der Waals surface area contributed by atoms with Crippen molar-refractivity contribution >= 4 is 7.28 Å². The summed E-state index contributed by atoms with van der Waals surface area (Å²) in [6.45, 7) is 16.0. The predicted molar refractivity (Wildman–Crippen MR) is 54.3 cm³/mol. The summed E-state index contributed by atoms with van der Waals surface area (Å²) in [5, 5.41) is 0.700. The minimum absolute atomic E-state index is 0.341. The molecular formula is C10H22B. The van der Waals surface area contributed by atoms with Gasteiger partial charge in [0.25, 0.3) is 0 Å². The lowest BCUT2D eigenvalue weighted by molar-refractivity contribution is 0.460. The first kappa shape index (κ1) is 11.1. The monoisotopic (exact) mass is 153 g/mol. The van der Waals surface area contributed by atoms with Crippen molar-refractivity contribution in [2.24, 2.45) is 5.92 Å². The molecule has 1 heteroatoms. The van der Waals surface area contributed by atoms with Crippen LogP contribution in [0.2, 0.25) is 10.6 Å². The zero-order valence-electron chi connectivity index (χ0n) is 9.15. The van der Waals surface area contributed by atoms with Crippen LogP contribution in [0.15, 0.2) is 0 Å². The highest BCUT2D eigenvalue weighted by Gasteiger charge is 2.29. The van der Waals surface area contributed by atoms with Crippen molar-refractivity contribution in [2.45, 2.75) is 59.1 Å². The summed E-state index contributed by atoms with van der Waals surface area (Å²) in [6.07, 6.45) is 0. The molecule has 0 aliphatic rings. The van der Waals surface area contributed by atoms with Crippen LogP contribution >= 0.6 is 0 Å². The molecule has 0 bridgehead atoms. The second-order valence-corrected chi connectivity index (χ2v) is 5.49. The molecule has 0 saturated heterocycles. The molecule has 0 nitrogen and oxygen atoms in total. The summed E-state index contributed by atoms with van der Waals surface area (Å²) in [5.41, 5.74) is 0. The zero-order valence-corrected chi connectivity index (χ0v) is 9.15. The van der Waals surface area contributed by atoms with E-state index in [-0.39, 0.29) is 0 Å². The third-order valence-corrected chi connectivity index (χ3v) is 2.29. The smallest absolute Gasteiger partial charge is 0.0674 e. The van der Waals surface area contributed by atoms with Crippen LogP contribution in [-0.2, 0) is 0 Å². The highest BCUT2D eigenvalue weighted by molar-refractivity contribution is 6.43. The van der Waals surface area contributed by atoms with Gasteiger partial charge in [-0.25, -0.2) is 0 Å². The zero-order chi connectivity index (χ0) is 9.28. The maximum Gasteiger partial charge on any atom is 0.124 e. The Hall–Kier alpha value is 0.0649. The SMILES string of the molecule is CC(C)C(C)(C)[B]C(C)(C)C. The molecule has 65 valence electrons. The van der Waals surface area contributed by atoms with Gasteiger partial charge in [-0.1, -0.05) is 59.1 Å². The van der Waals surface area contributed by atoms with E-state index in [0.717, 1.165) is 5.92 Å². The third-order valence-electron chi connectivity index (χ3n) is 2.29. The van der Waals surface area contributed by atoms with Crippen molar-refractivity contribution in [3.05, 3.63) is 0 Å². The van der Waals surface area contributed by atoms with Gasteiger partial charge in [0.1, 0.15) is 7.28 Å². The number of hydrogen-bond donors (Lipinski definition) is 0. The Labute approximate surface area is 73.0 Å². The lowest BCUT2D eigenvalue weighted by atomic mass is 9.39. The van der Waals surface area contributed by atoms with E-state index in [1.165, 1.54) is 0 Å². The third kappa shape index (κ3) is 4.50. The molecule has 0 aliphatic heterocycles. The van der Waals surface area contributed by atoms with E-state index in [1.54, 1.807) is 0 Å². The summed E-state index contributed by atoms with van der Waals surface area (Å²) in [5.74, 6) is 0.724. The second-order valence-electron chi connectivity index (χ2n) is 5.49. The average molecular weight is 153 g/mol. The lowest BCUT2D eigenvalue weighted by Gasteiger charge is -2.34.